The minimum Gasteiger partial charge on any atom is -0.337 e. The third-order valence-corrected chi connectivity index (χ3v) is 5.45. The molecule has 0 saturated carbocycles. The summed E-state index contributed by atoms with van der Waals surface area (Å²) < 4.78 is 1.10. The number of thiophene rings is 1. The molecule has 1 rings (SSSR count). The number of carbonyl (C=O) groups is 1. The molecule has 1 heterocycles. The Balaban J connectivity index is 2.86. The fraction of sp³-hybridized carbons (Fsp3) is 0.643. The van der Waals surface area contributed by atoms with Crippen molar-refractivity contribution in [2.45, 2.75) is 40.2 Å². The molecule has 0 radical (unpaired) electrons. The first-order valence-electron chi connectivity index (χ1n) is 6.76. The molecule has 0 bridgehead atoms. The van der Waals surface area contributed by atoms with Crippen LogP contribution in [0.2, 0.25) is 0 Å². The van der Waals surface area contributed by atoms with Crippen LogP contribution in [0.15, 0.2) is 15.9 Å². The first kappa shape index (κ1) is 16.7. The summed E-state index contributed by atoms with van der Waals surface area (Å²) in [6.07, 6.45) is 1.59. The van der Waals surface area contributed by atoms with E-state index in [0.29, 0.717) is 13.1 Å². The Bertz CT molecular complexity index is 407. The van der Waals surface area contributed by atoms with Gasteiger partial charge < -0.3 is 10.6 Å². The highest BCUT2D eigenvalue weighted by Gasteiger charge is 2.36. The standard InChI is InChI=1S/C14H23BrN2OS/c1-4-14(5-2,10-16)13(18)17(6-3)9-11-7-8-12(15)19-11/h7-8H,4-6,9-10,16H2,1-3H3. The van der Waals surface area contributed by atoms with Crippen molar-refractivity contribution < 1.29 is 4.79 Å². The molecular formula is C14H23BrN2OS. The van der Waals surface area contributed by atoms with Crippen LogP contribution in [-0.2, 0) is 11.3 Å². The van der Waals surface area contributed by atoms with Gasteiger partial charge in [0, 0.05) is 18.0 Å². The number of nitrogens with zero attached hydrogens (tertiary/aromatic N) is 1. The van der Waals surface area contributed by atoms with E-state index in [9.17, 15) is 4.79 Å². The van der Waals surface area contributed by atoms with E-state index in [1.807, 2.05) is 31.7 Å². The van der Waals surface area contributed by atoms with Gasteiger partial charge in [0.25, 0.3) is 0 Å². The quantitative estimate of drug-likeness (QED) is 0.819. The molecule has 2 N–H and O–H groups in total. The molecule has 3 nitrogen and oxygen atoms in total. The van der Waals surface area contributed by atoms with Crippen LogP contribution in [0.4, 0.5) is 0 Å². The Labute approximate surface area is 128 Å². The fourth-order valence-corrected chi connectivity index (χ4v) is 3.71. The van der Waals surface area contributed by atoms with Crippen LogP contribution in [-0.4, -0.2) is 23.9 Å². The first-order valence-corrected chi connectivity index (χ1v) is 8.37. The van der Waals surface area contributed by atoms with E-state index < -0.39 is 5.41 Å². The lowest BCUT2D eigenvalue weighted by atomic mass is 9.81. The van der Waals surface area contributed by atoms with Gasteiger partial charge in [0.1, 0.15) is 0 Å². The van der Waals surface area contributed by atoms with Crippen LogP contribution in [0, 0.1) is 5.41 Å². The molecule has 0 aromatic carbocycles. The molecule has 1 aromatic heterocycles. The molecule has 0 unspecified atom stereocenters. The Hall–Kier alpha value is -0.390. The summed E-state index contributed by atoms with van der Waals surface area (Å²) >= 11 is 5.13. The highest BCUT2D eigenvalue weighted by Crippen LogP contribution is 2.30. The van der Waals surface area contributed by atoms with Crippen molar-refractivity contribution in [2.75, 3.05) is 13.1 Å². The van der Waals surface area contributed by atoms with Crippen molar-refractivity contribution in [3.05, 3.63) is 20.8 Å². The van der Waals surface area contributed by atoms with Crippen LogP contribution in [0.3, 0.4) is 0 Å². The Morgan fingerprint density at radius 2 is 2.00 bits per heavy atom. The van der Waals surface area contributed by atoms with Gasteiger partial charge in [0.15, 0.2) is 0 Å². The molecule has 0 aliphatic heterocycles. The zero-order valence-electron chi connectivity index (χ0n) is 11.9. The van der Waals surface area contributed by atoms with Gasteiger partial charge in [0.2, 0.25) is 5.91 Å². The van der Waals surface area contributed by atoms with Crippen molar-refractivity contribution in [3.8, 4) is 0 Å². The van der Waals surface area contributed by atoms with E-state index in [1.165, 1.54) is 4.88 Å². The van der Waals surface area contributed by atoms with Gasteiger partial charge in [-0.3, -0.25) is 4.79 Å². The highest BCUT2D eigenvalue weighted by molar-refractivity contribution is 9.11. The maximum absolute atomic E-state index is 12.7. The van der Waals surface area contributed by atoms with Gasteiger partial charge in [-0.2, -0.15) is 0 Å². The Morgan fingerprint density at radius 3 is 2.37 bits per heavy atom. The van der Waals surface area contributed by atoms with Crippen LogP contribution < -0.4 is 5.73 Å². The van der Waals surface area contributed by atoms with E-state index in [2.05, 4.69) is 22.0 Å². The third kappa shape index (κ3) is 3.80. The monoisotopic (exact) mass is 346 g/mol. The van der Waals surface area contributed by atoms with Crippen LogP contribution in [0.25, 0.3) is 0 Å². The molecule has 0 atom stereocenters. The van der Waals surface area contributed by atoms with Crippen molar-refractivity contribution in [1.29, 1.82) is 0 Å². The average molecular weight is 347 g/mol. The summed E-state index contributed by atoms with van der Waals surface area (Å²) in [5.74, 6) is 0.187. The number of carbonyl (C=O) groups excluding carboxylic acids is 1. The zero-order valence-corrected chi connectivity index (χ0v) is 14.3. The molecule has 5 heteroatoms. The lowest BCUT2D eigenvalue weighted by Gasteiger charge is -2.34. The molecule has 0 fully saturated rings. The van der Waals surface area contributed by atoms with E-state index in [0.717, 1.165) is 23.2 Å². The zero-order chi connectivity index (χ0) is 14.5. The summed E-state index contributed by atoms with van der Waals surface area (Å²) in [5, 5.41) is 0. The van der Waals surface area contributed by atoms with Gasteiger partial charge >= 0.3 is 0 Å². The van der Waals surface area contributed by atoms with Crippen LogP contribution in [0.5, 0.6) is 0 Å². The van der Waals surface area contributed by atoms with Gasteiger partial charge in [-0.1, -0.05) is 13.8 Å². The van der Waals surface area contributed by atoms with E-state index in [1.54, 1.807) is 11.3 Å². The second kappa shape index (κ2) is 7.41. The van der Waals surface area contributed by atoms with Gasteiger partial charge in [-0.05, 0) is 47.8 Å². The van der Waals surface area contributed by atoms with Crippen LogP contribution >= 0.6 is 27.3 Å². The predicted molar refractivity (Wildman–Crippen MR) is 85.2 cm³/mol. The highest BCUT2D eigenvalue weighted by atomic mass is 79.9. The van der Waals surface area contributed by atoms with Crippen molar-refractivity contribution in [3.63, 3.8) is 0 Å². The second-order valence-electron chi connectivity index (χ2n) is 4.72. The fourth-order valence-electron chi connectivity index (χ4n) is 2.22. The summed E-state index contributed by atoms with van der Waals surface area (Å²) in [4.78, 5) is 15.8. The lowest BCUT2D eigenvalue weighted by Crippen LogP contribution is -2.47. The van der Waals surface area contributed by atoms with Crippen molar-refractivity contribution in [1.82, 2.24) is 4.90 Å². The molecule has 0 aliphatic rings. The summed E-state index contributed by atoms with van der Waals surface area (Å²) in [6, 6.07) is 4.08. The maximum Gasteiger partial charge on any atom is 0.230 e. The van der Waals surface area contributed by atoms with E-state index in [-0.39, 0.29) is 5.91 Å². The largest absolute Gasteiger partial charge is 0.337 e. The number of halogens is 1. The molecule has 0 spiro atoms. The van der Waals surface area contributed by atoms with Gasteiger partial charge in [0.05, 0.1) is 15.7 Å². The predicted octanol–water partition coefficient (Wildman–Crippen LogP) is 3.62. The number of hydrogen-bond acceptors (Lipinski definition) is 3. The summed E-state index contributed by atoms with van der Waals surface area (Å²) in [7, 11) is 0. The van der Waals surface area contributed by atoms with Crippen LogP contribution in [0.1, 0.15) is 38.5 Å². The van der Waals surface area contributed by atoms with E-state index in [4.69, 9.17) is 5.73 Å². The Kier molecular flexibility index (Phi) is 6.50. The Morgan fingerprint density at radius 1 is 1.37 bits per heavy atom. The lowest BCUT2D eigenvalue weighted by molar-refractivity contribution is -0.142. The first-order chi connectivity index (χ1) is 9.02. The van der Waals surface area contributed by atoms with E-state index >= 15 is 0 Å². The summed E-state index contributed by atoms with van der Waals surface area (Å²) in [6.45, 7) is 7.92. The molecule has 108 valence electrons. The number of nitrogens with two attached hydrogens (primary N) is 1. The molecule has 0 aliphatic carbocycles. The number of rotatable bonds is 7. The second-order valence-corrected chi connectivity index (χ2v) is 7.26. The smallest absolute Gasteiger partial charge is 0.230 e. The summed E-state index contributed by atoms with van der Waals surface area (Å²) in [5.41, 5.74) is 5.47. The molecular weight excluding hydrogens is 324 g/mol. The molecule has 1 aromatic rings. The van der Waals surface area contributed by atoms with Crippen molar-refractivity contribution >= 4 is 33.2 Å². The normalized spacial score (nSPS) is 11.6. The minimum absolute atomic E-state index is 0.187. The maximum atomic E-state index is 12.7. The van der Waals surface area contributed by atoms with Gasteiger partial charge in [-0.15, -0.1) is 11.3 Å². The average Bonchev–Trinajstić information content (AvgIpc) is 2.84. The minimum atomic E-state index is -0.398. The SMILES string of the molecule is CCN(Cc1ccc(Br)s1)C(=O)C(CC)(CC)CN. The number of hydrogen-bond donors (Lipinski definition) is 1. The number of amides is 1. The van der Waals surface area contributed by atoms with Crippen molar-refractivity contribution in [2.24, 2.45) is 11.1 Å². The molecule has 19 heavy (non-hydrogen) atoms. The van der Waals surface area contributed by atoms with Gasteiger partial charge in [-0.25, -0.2) is 0 Å². The third-order valence-electron chi connectivity index (χ3n) is 3.84. The molecule has 1 amide bonds. The topological polar surface area (TPSA) is 46.3 Å². The molecule has 0 saturated heterocycles.